The molecule has 0 radical (unpaired) electrons. The normalized spacial score (nSPS) is 11.3. The first kappa shape index (κ1) is 14.5. The van der Waals surface area contributed by atoms with E-state index in [0.29, 0.717) is 22.8 Å². The van der Waals surface area contributed by atoms with E-state index in [4.69, 9.17) is 16.9 Å². The summed E-state index contributed by atoms with van der Waals surface area (Å²) in [5, 5.41) is 20.7. The molecule has 20 heavy (non-hydrogen) atoms. The second kappa shape index (κ2) is 5.61. The predicted molar refractivity (Wildman–Crippen MR) is 77.7 cm³/mol. The SMILES string of the molecule is CC(C)(C)NCc1cnnn1-c1ccc(C#N)cc1Cl. The quantitative estimate of drug-likeness (QED) is 0.943. The van der Waals surface area contributed by atoms with Crippen molar-refractivity contribution in [2.24, 2.45) is 0 Å². The lowest BCUT2D eigenvalue weighted by atomic mass is 10.1. The van der Waals surface area contributed by atoms with Gasteiger partial charge in [0.05, 0.1) is 34.2 Å². The fraction of sp³-hybridized carbons (Fsp3) is 0.357. The molecule has 1 aromatic carbocycles. The number of hydrogen-bond acceptors (Lipinski definition) is 4. The molecule has 5 nitrogen and oxygen atoms in total. The predicted octanol–water partition coefficient (Wildman–Crippen LogP) is 2.68. The summed E-state index contributed by atoms with van der Waals surface area (Å²) in [5.74, 6) is 0. The second-order valence-electron chi connectivity index (χ2n) is 5.52. The Morgan fingerprint density at radius 1 is 1.40 bits per heavy atom. The summed E-state index contributed by atoms with van der Waals surface area (Å²) in [4.78, 5) is 0. The van der Waals surface area contributed by atoms with E-state index in [1.807, 2.05) is 0 Å². The summed E-state index contributed by atoms with van der Waals surface area (Å²) in [6.07, 6.45) is 1.70. The van der Waals surface area contributed by atoms with Crippen molar-refractivity contribution in [3.05, 3.63) is 40.7 Å². The van der Waals surface area contributed by atoms with Gasteiger partial charge in [-0.15, -0.1) is 5.10 Å². The fourth-order valence-electron chi connectivity index (χ4n) is 1.68. The van der Waals surface area contributed by atoms with Gasteiger partial charge in [-0.25, -0.2) is 4.68 Å². The van der Waals surface area contributed by atoms with Crippen molar-refractivity contribution < 1.29 is 0 Å². The summed E-state index contributed by atoms with van der Waals surface area (Å²) in [6, 6.07) is 7.17. The minimum absolute atomic E-state index is 0.00353. The highest BCUT2D eigenvalue weighted by molar-refractivity contribution is 6.32. The number of nitrogens with zero attached hydrogens (tertiary/aromatic N) is 4. The molecule has 1 heterocycles. The van der Waals surface area contributed by atoms with Crippen molar-refractivity contribution in [3.8, 4) is 11.8 Å². The lowest BCUT2D eigenvalue weighted by Crippen LogP contribution is -2.35. The zero-order valence-electron chi connectivity index (χ0n) is 11.7. The van der Waals surface area contributed by atoms with Crippen molar-refractivity contribution in [3.63, 3.8) is 0 Å². The van der Waals surface area contributed by atoms with Crippen molar-refractivity contribution in [2.75, 3.05) is 0 Å². The van der Waals surface area contributed by atoms with Crippen molar-refractivity contribution in [1.29, 1.82) is 5.26 Å². The zero-order chi connectivity index (χ0) is 14.8. The Kier molecular flexibility index (Phi) is 4.07. The van der Waals surface area contributed by atoms with Crippen LogP contribution < -0.4 is 5.32 Å². The average molecular weight is 290 g/mol. The lowest BCUT2D eigenvalue weighted by molar-refractivity contribution is 0.418. The van der Waals surface area contributed by atoms with Gasteiger partial charge in [-0.3, -0.25) is 0 Å². The first-order valence-electron chi connectivity index (χ1n) is 6.25. The monoisotopic (exact) mass is 289 g/mol. The molecule has 0 saturated heterocycles. The van der Waals surface area contributed by atoms with E-state index < -0.39 is 0 Å². The van der Waals surface area contributed by atoms with Crippen LogP contribution in [0.25, 0.3) is 5.69 Å². The van der Waals surface area contributed by atoms with Gasteiger partial charge >= 0.3 is 0 Å². The fourth-order valence-corrected chi connectivity index (χ4v) is 1.94. The van der Waals surface area contributed by atoms with Crippen LogP contribution in [0.5, 0.6) is 0 Å². The van der Waals surface area contributed by atoms with Crippen LogP contribution in [0, 0.1) is 11.3 Å². The van der Waals surface area contributed by atoms with E-state index in [2.05, 4.69) is 42.5 Å². The van der Waals surface area contributed by atoms with Gasteiger partial charge in [0, 0.05) is 12.1 Å². The maximum Gasteiger partial charge on any atom is 0.0992 e. The molecular weight excluding hydrogens is 274 g/mol. The van der Waals surface area contributed by atoms with Crippen molar-refractivity contribution in [2.45, 2.75) is 32.9 Å². The van der Waals surface area contributed by atoms with E-state index in [1.165, 1.54) is 0 Å². The van der Waals surface area contributed by atoms with E-state index in [0.717, 1.165) is 5.69 Å². The summed E-state index contributed by atoms with van der Waals surface area (Å²) >= 11 is 6.20. The van der Waals surface area contributed by atoms with Crippen LogP contribution in [0.2, 0.25) is 5.02 Å². The minimum Gasteiger partial charge on any atom is -0.306 e. The van der Waals surface area contributed by atoms with E-state index >= 15 is 0 Å². The maximum atomic E-state index is 8.86. The van der Waals surface area contributed by atoms with Gasteiger partial charge in [-0.2, -0.15) is 5.26 Å². The standard InChI is InChI=1S/C14H16ClN5/c1-14(2,3)17-8-11-9-18-19-20(11)13-5-4-10(7-16)6-12(13)15/h4-6,9,17H,8H2,1-3H3. The van der Waals surface area contributed by atoms with E-state index in [1.54, 1.807) is 29.1 Å². The molecule has 1 aromatic heterocycles. The van der Waals surface area contributed by atoms with Crippen LogP contribution in [0.4, 0.5) is 0 Å². The molecule has 104 valence electrons. The third-order valence-electron chi connectivity index (χ3n) is 2.72. The van der Waals surface area contributed by atoms with Gasteiger partial charge in [-0.05, 0) is 39.0 Å². The summed E-state index contributed by atoms with van der Waals surface area (Å²) in [5.41, 5.74) is 2.15. The molecule has 0 saturated carbocycles. The number of nitrogens with one attached hydrogen (secondary N) is 1. The molecule has 6 heteroatoms. The van der Waals surface area contributed by atoms with Gasteiger partial charge < -0.3 is 5.32 Å². The van der Waals surface area contributed by atoms with Gasteiger partial charge in [0.2, 0.25) is 0 Å². The molecule has 2 rings (SSSR count). The molecule has 0 unspecified atom stereocenters. The highest BCUT2D eigenvalue weighted by Crippen LogP contribution is 2.22. The van der Waals surface area contributed by atoms with Crippen molar-refractivity contribution in [1.82, 2.24) is 20.3 Å². The first-order chi connectivity index (χ1) is 9.40. The Morgan fingerprint density at radius 2 is 2.15 bits per heavy atom. The number of rotatable bonds is 3. The van der Waals surface area contributed by atoms with E-state index in [-0.39, 0.29) is 5.54 Å². The van der Waals surface area contributed by atoms with Crippen LogP contribution in [-0.2, 0) is 6.54 Å². The average Bonchev–Trinajstić information content (AvgIpc) is 2.83. The number of aromatic nitrogens is 3. The van der Waals surface area contributed by atoms with E-state index in [9.17, 15) is 0 Å². The number of nitriles is 1. The topological polar surface area (TPSA) is 66.5 Å². The molecule has 0 amide bonds. The lowest BCUT2D eigenvalue weighted by Gasteiger charge is -2.20. The molecule has 0 aliphatic heterocycles. The zero-order valence-corrected chi connectivity index (χ0v) is 12.4. The summed E-state index contributed by atoms with van der Waals surface area (Å²) in [7, 11) is 0. The smallest absolute Gasteiger partial charge is 0.0992 e. The molecule has 0 bridgehead atoms. The molecular formula is C14H16ClN5. The maximum absolute atomic E-state index is 8.86. The highest BCUT2D eigenvalue weighted by Gasteiger charge is 2.14. The molecule has 1 N–H and O–H groups in total. The van der Waals surface area contributed by atoms with Gasteiger partial charge in [0.15, 0.2) is 0 Å². The Morgan fingerprint density at radius 3 is 2.75 bits per heavy atom. The first-order valence-corrected chi connectivity index (χ1v) is 6.63. The third-order valence-corrected chi connectivity index (χ3v) is 3.03. The van der Waals surface area contributed by atoms with Crippen LogP contribution in [0.1, 0.15) is 32.0 Å². The van der Waals surface area contributed by atoms with Gasteiger partial charge in [0.1, 0.15) is 0 Å². The Bertz CT molecular complexity index is 648. The Hall–Kier alpha value is -1.90. The summed E-state index contributed by atoms with van der Waals surface area (Å²) in [6.45, 7) is 6.91. The second-order valence-corrected chi connectivity index (χ2v) is 5.93. The largest absolute Gasteiger partial charge is 0.306 e. The summed E-state index contributed by atoms with van der Waals surface area (Å²) < 4.78 is 1.68. The molecule has 0 aliphatic carbocycles. The van der Waals surface area contributed by atoms with Crippen LogP contribution in [0.15, 0.2) is 24.4 Å². The minimum atomic E-state index is 0.00353. The highest BCUT2D eigenvalue weighted by atomic mass is 35.5. The molecule has 0 aliphatic rings. The number of benzene rings is 1. The molecule has 2 aromatic rings. The Labute approximate surface area is 123 Å². The van der Waals surface area contributed by atoms with Gasteiger partial charge in [0.25, 0.3) is 0 Å². The van der Waals surface area contributed by atoms with Crippen LogP contribution in [0.3, 0.4) is 0 Å². The number of hydrogen-bond donors (Lipinski definition) is 1. The third kappa shape index (κ3) is 3.35. The molecule has 0 spiro atoms. The van der Waals surface area contributed by atoms with Crippen LogP contribution >= 0.6 is 11.6 Å². The van der Waals surface area contributed by atoms with Crippen LogP contribution in [-0.4, -0.2) is 20.5 Å². The number of halogens is 1. The van der Waals surface area contributed by atoms with Crippen molar-refractivity contribution >= 4 is 11.6 Å². The Balaban J connectivity index is 2.31. The molecule has 0 fully saturated rings. The van der Waals surface area contributed by atoms with Gasteiger partial charge in [-0.1, -0.05) is 16.8 Å². The molecule has 0 atom stereocenters.